The molecule has 9 nitrogen and oxygen atoms in total. The zero-order chi connectivity index (χ0) is 33.3. The van der Waals surface area contributed by atoms with E-state index in [9.17, 15) is 24.6 Å². The lowest BCUT2D eigenvalue weighted by Gasteiger charge is -2.29. The van der Waals surface area contributed by atoms with Crippen LogP contribution in [0.2, 0.25) is 0 Å². The van der Waals surface area contributed by atoms with E-state index in [1.807, 2.05) is 0 Å². The molecule has 0 saturated carbocycles. The van der Waals surface area contributed by atoms with E-state index in [-0.39, 0.29) is 63.7 Å². The first-order chi connectivity index (χ1) is 20.8. The number of benzene rings is 2. The van der Waals surface area contributed by atoms with E-state index in [0.29, 0.717) is 12.0 Å². The van der Waals surface area contributed by atoms with Crippen molar-refractivity contribution in [2.75, 3.05) is 20.3 Å². The van der Waals surface area contributed by atoms with Crippen LogP contribution in [0.3, 0.4) is 0 Å². The first-order valence-corrected chi connectivity index (χ1v) is 12.9. The van der Waals surface area contributed by atoms with Gasteiger partial charge in [0.1, 0.15) is 23.9 Å². The first-order valence-electron chi connectivity index (χ1n) is 12.9. The number of carbonyl (C=O) groups is 3. The Morgan fingerprint density at radius 2 is 1.47 bits per heavy atom. The SMILES string of the molecule is C#C.C#C.C#C.C#C.COc1cccc2c1C(=O)c1c(O)c3c(c(O)c1C2=O)C[C@@H](C(=O)CO)CC3.OC1CCCCO1. The fourth-order valence-corrected chi connectivity index (χ4v) is 4.93. The molecule has 0 aromatic heterocycles. The molecule has 1 saturated heterocycles. The number of carbonyl (C=O) groups excluding carboxylic acids is 3. The predicted molar refractivity (Wildman–Crippen MR) is 163 cm³/mol. The number of methoxy groups -OCH3 is 1. The number of terminal acetylenes is 4. The van der Waals surface area contributed by atoms with Crippen molar-refractivity contribution < 1.29 is 44.3 Å². The number of ketones is 3. The number of aromatic hydroxyl groups is 2. The number of aliphatic hydroxyl groups is 2. The number of phenolic OH excluding ortho intramolecular Hbond substituents is 2. The number of hydrogen-bond donors (Lipinski definition) is 4. The van der Waals surface area contributed by atoms with Gasteiger partial charge in [0.25, 0.3) is 0 Å². The minimum atomic E-state index is -0.609. The van der Waals surface area contributed by atoms with Crippen molar-refractivity contribution >= 4 is 17.3 Å². The lowest BCUT2D eigenvalue weighted by Crippen LogP contribution is -2.28. The maximum Gasteiger partial charge on any atom is 0.202 e. The molecule has 0 radical (unpaired) electrons. The minimum Gasteiger partial charge on any atom is -0.507 e. The summed E-state index contributed by atoms with van der Waals surface area (Å²) in [6.45, 7) is 0.128. The summed E-state index contributed by atoms with van der Waals surface area (Å²) in [4.78, 5) is 38.1. The molecule has 2 atom stereocenters. The van der Waals surface area contributed by atoms with Crippen LogP contribution in [0, 0.1) is 57.3 Å². The Hall–Kier alpha value is -5.03. The Balaban J connectivity index is 0.000000991. The molecule has 0 spiro atoms. The van der Waals surface area contributed by atoms with Crippen LogP contribution < -0.4 is 4.74 Å². The zero-order valence-electron chi connectivity index (χ0n) is 24.0. The number of ether oxygens (including phenoxy) is 2. The van der Waals surface area contributed by atoms with E-state index in [0.717, 1.165) is 25.9 Å². The Labute approximate surface area is 252 Å². The molecule has 2 aromatic rings. The van der Waals surface area contributed by atoms with Crippen LogP contribution in [0.5, 0.6) is 17.2 Å². The number of rotatable bonds is 3. The van der Waals surface area contributed by atoms with E-state index in [4.69, 9.17) is 19.7 Å². The van der Waals surface area contributed by atoms with Gasteiger partial charge < -0.3 is 29.9 Å². The van der Waals surface area contributed by atoms with Crippen molar-refractivity contribution in [1.82, 2.24) is 0 Å². The molecule has 1 aliphatic heterocycles. The summed E-state index contributed by atoms with van der Waals surface area (Å²) >= 11 is 0. The average molecular weight is 589 g/mol. The highest BCUT2D eigenvalue weighted by Gasteiger charge is 2.40. The van der Waals surface area contributed by atoms with Gasteiger partial charge in [0.15, 0.2) is 17.9 Å². The van der Waals surface area contributed by atoms with E-state index in [2.05, 4.69) is 51.4 Å². The van der Waals surface area contributed by atoms with Crippen molar-refractivity contribution in [2.24, 2.45) is 5.92 Å². The first kappa shape index (κ1) is 38.0. The van der Waals surface area contributed by atoms with Crippen LogP contribution in [0.1, 0.15) is 68.7 Å². The Kier molecular flexibility index (Phi) is 16.9. The molecular formula is C34H36O9. The molecular weight excluding hydrogens is 552 g/mol. The van der Waals surface area contributed by atoms with E-state index in [1.165, 1.54) is 13.2 Å². The van der Waals surface area contributed by atoms with E-state index in [1.54, 1.807) is 12.1 Å². The maximum atomic E-state index is 13.1. The molecule has 2 aromatic carbocycles. The summed E-state index contributed by atoms with van der Waals surface area (Å²) in [6.07, 6.45) is 35.3. The number of aliphatic hydroxyl groups excluding tert-OH is 2. The van der Waals surface area contributed by atoms with E-state index < -0.39 is 30.4 Å². The van der Waals surface area contributed by atoms with Crippen molar-refractivity contribution in [3.05, 3.63) is 51.6 Å². The number of phenols is 2. The highest BCUT2D eigenvalue weighted by Crippen LogP contribution is 2.47. The third-order valence-corrected chi connectivity index (χ3v) is 6.79. The van der Waals surface area contributed by atoms with Gasteiger partial charge in [-0.2, -0.15) is 0 Å². The summed E-state index contributed by atoms with van der Waals surface area (Å²) in [6, 6.07) is 4.59. The average Bonchev–Trinajstić information content (AvgIpc) is 3.08. The summed E-state index contributed by atoms with van der Waals surface area (Å²) in [5.41, 5.74) is 0.301. The molecule has 1 fully saturated rings. The number of fused-ring (bicyclic) bond motifs is 3. The van der Waals surface area contributed by atoms with Gasteiger partial charge in [0.05, 0.1) is 23.8 Å². The van der Waals surface area contributed by atoms with Crippen LogP contribution in [0.4, 0.5) is 0 Å². The Bertz CT molecular complexity index is 1330. The van der Waals surface area contributed by atoms with E-state index >= 15 is 0 Å². The van der Waals surface area contributed by atoms with Gasteiger partial charge in [-0.15, -0.1) is 51.4 Å². The van der Waals surface area contributed by atoms with Crippen molar-refractivity contribution in [3.8, 4) is 68.6 Å². The maximum absolute atomic E-state index is 13.1. The summed E-state index contributed by atoms with van der Waals surface area (Å²) < 4.78 is 10.0. The third-order valence-electron chi connectivity index (χ3n) is 6.79. The smallest absolute Gasteiger partial charge is 0.202 e. The minimum absolute atomic E-state index is 0.0568. The topological polar surface area (TPSA) is 151 Å². The Morgan fingerprint density at radius 3 is 1.95 bits per heavy atom. The lowest BCUT2D eigenvalue weighted by atomic mass is 9.75. The highest BCUT2D eigenvalue weighted by molar-refractivity contribution is 6.31. The zero-order valence-corrected chi connectivity index (χ0v) is 24.0. The Morgan fingerprint density at radius 1 is 0.884 bits per heavy atom. The van der Waals surface area contributed by atoms with Crippen LogP contribution in [-0.2, 0) is 22.4 Å². The van der Waals surface area contributed by atoms with Crippen LogP contribution in [-0.4, -0.2) is 64.4 Å². The molecule has 2 aliphatic carbocycles. The fourth-order valence-electron chi connectivity index (χ4n) is 4.93. The molecule has 0 amide bonds. The standard InChI is InChI=1S/C21H18O7.C5H10O2.4C2H2/c1-28-14-4-2-3-11-15(14)21(27)17-16(19(11)25)20(26)12-7-9(13(23)8-22)5-6-10(12)18(17)24;6-5-3-1-2-4-7-5;4*1-2/h2-4,9,22,24,26H,5-8H2,1H3;5-6H,1-4H2;4*1-2H/t9-;;;;;/m0...../s1. The normalized spacial score (nSPS) is 17.0. The monoisotopic (exact) mass is 588 g/mol. The van der Waals surface area contributed by atoms with Gasteiger partial charge in [-0.3, -0.25) is 14.4 Å². The van der Waals surface area contributed by atoms with Gasteiger partial charge in [-0.1, -0.05) is 12.1 Å². The molecule has 1 heterocycles. The summed E-state index contributed by atoms with van der Waals surface area (Å²) in [7, 11) is 1.38. The van der Waals surface area contributed by atoms with Gasteiger partial charge in [-0.25, -0.2) is 0 Å². The van der Waals surface area contributed by atoms with Crippen LogP contribution in [0.15, 0.2) is 18.2 Å². The second-order valence-electron chi connectivity index (χ2n) is 8.83. The van der Waals surface area contributed by atoms with Gasteiger partial charge in [0.2, 0.25) is 5.78 Å². The molecule has 0 bridgehead atoms. The van der Waals surface area contributed by atoms with Crippen LogP contribution in [0.25, 0.3) is 0 Å². The second kappa shape index (κ2) is 19.2. The highest BCUT2D eigenvalue weighted by atomic mass is 16.6. The molecule has 4 N–H and O–H groups in total. The molecule has 43 heavy (non-hydrogen) atoms. The lowest BCUT2D eigenvalue weighted by molar-refractivity contribution is -0.126. The number of Topliss-reactive ketones (excluding diaryl/α,β-unsaturated/α-hetero) is 1. The van der Waals surface area contributed by atoms with Crippen molar-refractivity contribution in [1.29, 1.82) is 0 Å². The quantitative estimate of drug-likeness (QED) is 0.267. The largest absolute Gasteiger partial charge is 0.507 e. The molecule has 5 rings (SSSR count). The predicted octanol–water partition coefficient (Wildman–Crippen LogP) is 3.05. The molecule has 9 heteroatoms. The summed E-state index contributed by atoms with van der Waals surface area (Å²) in [5, 5.41) is 39.4. The van der Waals surface area contributed by atoms with Gasteiger partial charge in [0, 0.05) is 29.2 Å². The molecule has 226 valence electrons. The summed E-state index contributed by atoms with van der Waals surface area (Å²) in [5.74, 6) is -2.56. The molecule has 3 aliphatic rings. The number of hydrogen-bond acceptors (Lipinski definition) is 9. The van der Waals surface area contributed by atoms with Crippen LogP contribution >= 0.6 is 0 Å². The second-order valence-corrected chi connectivity index (χ2v) is 8.83. The fraction of sp³-hybridized carbons (Fsp3) is 0.324. The molecule has 1 unspecified atom stereocenters. The van der Waals surface area contributed by atoms with Crippen molar-refractivity contribution in [2.45, 2.75) is 44.8 Å². The third kappa shape index (κ3) is 8.26. The van der Waals surface area contributed by atoms with Gasteiger partial charge in [-0.05, 0) is 44.6 Å². The van der Waals surface area contributed by atoms with Crippen molar-refractivity contribution in [3.63, 3.8) is 0 Å². The van der Waals surface area contributed by atoms with Gasteiger partial charge >= 0.3 is 0 Å².